The third-order valence-corrected chi connectivity index (χ3v) is 9.66. The molecule has 1 aromatic heterocycles. The minimum Gasteiger partial charge on any atom is -0.310 e. The van der Waals surface area contributed by atoms with Gasteiger partial charge in [0.1, 0.15) is 0 Å². The molecule has 0 saturated carbocycles. The highest BCUT2D eigenvalue weighted by Crippen LogP contribution is 2.51. The second-order valence-electron chi connectivity index (χ2n) is 11.0. The van der Waals surface area contributed by atoms with E-state index in [9.17, 15) is 0 Å². The molecule has 0 atom stereocenters. The first-order valence-electron chi connectivity index (χ1n) is 13.5. The molecule has 0 bridgehead atoms. The molecule has 2 heteroatoms. The Morgan fingerprint density at radius 3 is 2.03 bits per heavy atom. The van der Waals surface area contributed by atoms with Gasteiger partial charge in [-0.05, 0) is 58.7 Å². The smallest absolute Gasteiger partial charge is 0.0547 e. The fourth-order valence-electron chi connectivity index (χ4n) is 6.55. The van der Waals surface area contributed by atoms with Crippen LogP contribution in [0.25, 0.3) is 42.1 Å². The first kappa shape index (κ1) is 22.6. The Kier molecular flexibility index (Phi) is 4.80. The highest BCUT2D eigenvalue weighted by atomic mass is 32.1. The zero-order chi connectivity index (χ0) is 26.1. The van der Waals surface area contributed by atoms with Crippen molar-refractivity contribution in [1.29, 1.82) is 0 Å². The van der Waals surface area contributed by atoms with E-state index < -0.39 is 0 Å². The van der Waals surface area contributed by atoms with Gasteiger partial charge in [0.25, 0.3) is 0 Å². The van der Waals surface area contributed by atoms with E-state index in [0.717, 1.165) is 5.69 Å². The molecule has 1 nitrogen and oxygen atoms in total. The van der Waals surface area contributed by atoms with Crippen molar-refractivity contribution >= 4 is 59.3 Å². The van der Waals surface area contributed by atoms with Crippen LogP contribution in [0, 0.1) is 0 Å². The molecule has 1 heterocycles. The third kappa shape index (κ3) is 3.25. The fourth-order valence-corrected chi connectivity index (χ4v) is 7.77. The lowest BCUT2D eigenvalue weighted by Crippen LogP contribution is -2.16. The van der Waals surface area contributed by atoms with Gasteiger partial charge in [0.2, 0.25) is 0 Å². The lowest BCUT2D eigenvalue weighted by molar-refractivity contribution is 0.660. The van der Waals surface area contributed by atoms with Crippen molar-refractivity contribution in [1.82, 2.24) is 0 Å². The number of hydrogen-bond acceptors (Lipinski definition) is 2. The van der Waals surface area contributed by atoms with E-state index in [1.54, 1.807) is 0 Å². The second-order valence-corrected chi connectivity index (χ2v) is 12.0. The molecular weight excluding hydrogens is 490 g/mol. The van der Waals surface area contributed by atoms with E-state index in [-0.39, 0.29) is 5.41 Å². The molecule has 1 aliphatic carbocycles. The summed E-state index contributed by atoms with van der Waals surface area (Å²) in [6.07, 6.45) is 0. The van der Waals surface area contributed by atoms with Crippen LogP contribution in [0.3, 0.4) is 0 Å². The number of para-hydroxylation sites is 1. The van der Waals surface area contributed by atoms with Gasteiger partial charge in [0.05, 0.1) is 5.69 Å². The topological polar surface area (TPSA) is 3.24 Å². The lowest BCUT2D eigenvalue weighted by Gasteiger charge is -2.29. The quantitative estimate of drug-likeness (QED) is 0.225. The Hall–Kier alpha value is -4.40. The Balaban J connectivity index is 1.44. The highest BCUT2D eigenvalue weighted by Gasteiger charge is 2.35. The SMILES string of the molecule is CC1(C)c2ccccc2-c2ccc(N(c3ccccc3)c3cc4c5ccccc5sc4c4ccccc34)cc21. The van der Waals surface area contributed by atoms with Crippen LogP contribution in [0.1, 0.15) is 25.0 Å². The predicted molar refractivity (Wildman–Crippen MR) is 169 cm³/mol. The molecule has 1 aliphatic rings. The van der Waals surface area contributed by atoms with E-state index in [0.29, 0.717) is 0 Å². The molecule has 0 aliphatic heterocycles. The molecule has 8 rings (SSSR count). The zero-order valence-electron chi connectivity index (χ0n) is 22.0. The Morgan fingerprint density at radius 2 is 1.18 bits per heavy atom. The number of thiophene rings is 1. The zero-order valence-corrected chi connectivity index (χ0v) is 22.8. The van der Waals surface area contributed by atoms with Crippen molar-refractivity contribution in [3.8, 4) is 11.1 Å². The summed E-state index contributed by atoms with van der Waals surface area (Å²) in [6.45, 7) is 4.71. The van der Waals surface area contributed by atoms with Crippen LogP contribution in [-0.4, -0.2) is 0 Å². The largest absolute Gasteiger partial charge is 0.310 e. The van der Waals surface area contributed by atoms with Crippen molar-refractivity contribution in [2.45, 2.75) is 19.3 Å². The minimum absolute atomic E-state index is 0.0557. The molecule has 0 amide bonds. The predicted octanol–water partition coefficient (Wildman–Crippen LogP) is 11.0. The van der Waals surface area contributed by atoms with E-state index in [1.165, 1.54) is 64.6 Å². The van der Waals surface area contributed by atoms with E-state index in [2.05, 4.69) is 146 Å². The van der Waals surface area contributed by atoms with Crippen molar-refractivity contribution in [3.05, 3.63) is 139 Å². The molecule has 39 heavy (non-hydrogen) atoms. The van der Waals surface area contributed by atoms with Gasteiger partial charge >= 0.3 is 0 Å². The van der Waals surface area contributed by atoms with Gasteiger partial charge in [-0.1, -0.05) is 105 Å². The molecule has 0 fully saturated rings. The van der Waals surface area contributed by atoms with Gasteiger partial charge in [0, 0.05) is 47.7 Å². The summed E-state index contributed by atoms with van der Waals surface area (Å²) >= 11 is 1.89. The Morgan fingerprint density at radius 1 is 0.513 bits per heavy atom. The van der Waals surface area contributed by atoms with Crippen LogP contribution in [0.5, 0.6) is 0 Å². The van der Waals surface area contributed by atoms with E-state index in [4.69, 9.17) is 0 Å². The molecular formula is C37H27NS. The monoisotopic (exact) mass is 517 g/mol. The summed E-state index contributed by atoms with van der Waals surface area (Å²) in [7, 11) is 0. The number of hydrogen-bond donors (Lipinski definition) is 0. The molecule has 0 radical (unpaired) electrons. The lowest BCUT2D eigenvalue weighted by atomic mass is 9.82. The van der Waals surface area contributed by atoms with E-state index in [1.807, 2.05) is 11.3 Å². The third-order valence-electron chi connectivity index (χ3n) is 8.44. The first-order chi connectivity index (χ1) is 19.1. The van der Waals surface area contributed by atoms with Crippen LogP contribution in [0.2, 0.25) is 0 Å². The van der Waals surface area contributed by atoms with Crippen LogP contribution in [0.4, 0.5) is 17.1 Å². The van der Waals surface area contributed by atoms with Gasteiger partial charge in [-0.3, -0.25) is 0 Å². The fraction of sp³-hybridized carbons (Fsp3) is 0.0811. The van der Waals surface area contributed by atoms with Crippen molar-refractivity contribution in [2.24, 2.45) is 0 Å². The molecule has 0 saturated heterocycles. The van der Waals surface area contributed by atoms with Gasteiger partial charge in [-0.15, -0.1) is 11.3 Å². The van der Waals surface area contributed by atoms with Gasteiger partial charge in [0.15, 0.2) is 0 Å². The summed E-state index contributed by atoms with van der Waals surface area (Å²) in [5.41, 5.74) is 8.98. The van der Waals surface area contributed by atoms with Gasteiger partial charge in [-0.25, -0.2) is 0 Å². The van der Waals surface area contributed by atoms with Crippen LogP contribution >= 0.6 is 11.3 Å². The Bertz CT molecular complexity index is 2050. The number of fused-ring (bicyclic) bond motifs is 8. The van der Waals surface area contributed by atoms with Gasteiger partial charge < -0.3 is 4.90 Å². The molecule has 0 N–H and O–H groups in total. The summed E-state index contributed by atoms with van der Waals surface area (Å²) < 4.78 is 2.69. The van der Waals surface area contributed by atoms with Crippen LogP contribution < -0.4 is 4.90 Å². The maximum atomic E-state index is 2.45. The first-order valence-corrected chi connectivity index (χ1v) is 14.4. The Labute approximate surface area is 232 Å². The van der Waals surface area contributed by atoms with Crippen molar-refractivity contribution in [3.63, 3.8) is 0 Å². The molecule has 7 aromatic rings. The summed E-state index contributed by atoms with van der Waals surface area (Å²) in [6, 6.07) is 46.8. The maximum Gasteiger partial charge on any atom is 0.0547 e. The summed E-state index contributed by atoms with van der Waals surface area (Å²) in [4.78, 5) is 2.45. The molecule has 186 valence electrons. The van der Waals surface area contributed by atoms with Crippen molar-refractivity contribution < 1.29 is 0 Å². The molecule has 0 spiro atoms. The normalized spacial score (nSPS) is 13.6. The highest BCUT2D eigenvalue weighted by molar-refractivity contribution is 7.26. The second kappa shape index (κ2) is 8.30. The summed E-state index contributed by atoms with van der Waals surface area (Å²) in [5.74, 6) is 0. The number of anilines is 3. The number of benzene rings is 6. The minimum atomic E-state index is -0.0557. The summed E-state index contributed by atoms with van der Waals surface area (Å²) in [5, 5.41) is 5.21. The standard InChI is InChI=1S/C37H27NS/c1-37(2)32-18-10-8-14-26(32)27-21-20-25(22-33(27)37)38(24-12-4-3-5-13-24)34-23-31-29-16-9-11-19-35(29)39-36(31)30-17-7-6-15-28(30)34/h3-23H,1-2H3. The van der Waals surface area contributed by atoms with Crippen LogP contribution in [-0.2, 0) is 5.41 Å². The van der Waals surface area contributed by atoms with Gasteiger partial charge in [-0.2, -0.15) is 0 Å². The average molecular weight is 518 g/mol. The average Bonchev–Trinajstić information content (AvgIpc) is 3.47. The molecule has 0 unspecified atom stereocenters. The van der Waals surface area contributed by atoms with E-state index >= 15 is 0 Å². The van der Waals surface area contributed by atoms with Crippen molar-refractivity contribution in [2.75, 3.05) is 4.90 Å². The van der Waals surface area contributed by atoms with Crippen LogP contribution in [0.15, 0.2) is 127 Å². The molecule has 6 aromatic carbocycles. The number of nitrogens with zero attached hydrogens (tertiary/aromatic N) is 1. The maximum absolute atomic E-state index is 2.45. The number of rotatable bonds is 3.